The highest BCUT2D eigenvalue weighted by Gasteiger charge is 2.18. The summed E-state index contributed by atoms with van der Waals surface area (Å²) < 4.78 is 1.44. The van der Waals surface area contributed by atoms with Gasteiger partial charge >= 0.3 is 6.03 Å². The van der Waals surface area contributed by atoms with E-state index in [0.29, 0.717) is 16.8 Å². The van der Waals surface area contributed by atoms with Gasteiger partial charge in [-0.3, -0.25) is 5.32 Å². The van der Waals surface area contributed by atoms with Crippen molar-refractivity contribution in [3.63, 3.8) is 0 Å². The Labute approximate surface area is 152 Å². The van der Waals surface area contributed by atoms with Crippen LogP contribution in [-0.4, -0.2) is 35.7 Å². The molecule has 0 spiro atoms. The maximum Gasteiger partial charge on any atom is 0.321 e. The molecule has 0 unspecified atom stereocenters. The molecule has 0 radical (unpaired) electrons. The summed E-state index contributed by atoms with van der Waals surface area (Å²) in [6.07, 6.45) is 5.93. The summed E-state index contributed by atoms with van der Waals surface area (Å²) in [5, 5.41) is 9.96. The van der Waals surface area contributed by atoms with E-state index in [4.69, 9.17) is 23.2 Å². The van der Waals surface area contributed by atoms with Gasteiger partial charge in [0.05, 0.1) is 16.1 Å². The molecule has 3 heterocycles. The minimum atomic E-state index is -0.507. The van der Waals surface area contributed by atoms with Gasteiger partial charge in [-0.15, -0.1) is 0 Å². The lowest BCUT2D eigenvalue weighted by Crippen LogP contribution is -2.33. The molecule has 0 aliphatic rings. The van der Waals surface area contributed by atoms with E-state index >= 15 is 0 Å². The number of halogens is 2. The predicted molar refractivity (Wildman–Crippen MR) is 91.8 cm³/mol. The number of urea groups is 1. The van der Waals surface area contributed by atoms with Crippen molar-refractivity contribution < 1.29 is 4.79 Å². The number of carbonyl (C=O) groups is 1. The van der Waals surface area contributed by atoms with Crippen molar-refractivity contribution in [3.8, 4) is 5.95 Å². The average Bonchev–Trinajstić information content (AvgIpc) is 3.08. The molecule has 2 N–H and O–H groups in total. The van der Waals surface area contributed by atoms with Crippen molar-refractivity contribution in [1.29, 1.82) is 0 Å². The van der Waals surface area contributed by atoms with E-state index in [-0.39, 0.29) is 10.8 Å². The van der Waals surface area contributed by atoms with E-state index in [1.54, 1.807) is 25.4 Å². The monoisotopic (exact) mass is 378 g/mol. The fourth-order valence-corrected chi connectivity index (χ4v) is 2.44. The number of hydrogen-bond donors (Lipinski definition) is 2. The Morgan fingerprint density at radius 1 is 1.20 bits per heavy atom. The number of aromatic nitrogens is 6. The molecule has 0 saturated heterocycles. The first-order valence-electron chi connectivity index (χ1n) is 7.10. The average molecular weight is 379 g/mol. The summed E-state index contributed by atoms with van der Waals surface area (Å²) in [6.45, 7) is 1.75. The minimum Gasteiger partial charge on any atom is -0.328 e. The summed E-state index contributed by atoms with van der Waals surface area (Å²) in [6, 6.07) is 2.20. The molecule has 3 aromatic rings. The van der Waals surface area contributed by atoms with E-state index in [1.165, 1.54) is 23.3 Å². The van der Waals surface area contributed by atoms with Crippen LogP contribution >= 0.6 is 23.2 Å². The number of anilines is 1. The van der Waals surface area contributed by atoms with Gasteiger partial charge in [0.2, 0.25) is 0 Å². The Morgan fingerprint density at radius 2 is 1.96 bits per heavy atom. The lowest BCUT2D eigenvalue weighted by Gasteiger charge is -2.14. The number of hydrogen-bond acceptors (Lipinski definition) is 6. The van der Waals surface area contributed by atoms with Crippen LogP contribution in [0.4, 0.5) is 10.6 Å². The largest absolute Gasteiger partial charge is 0.328 e. The molecule has 9 nitrogen and oxygen atoms in total. The molecule has 0 fully saturated rings. The van der Waals surface area contributed by atoms with E-state index in [1.807, 2.05) is 0 Å². The topological polar surface area (TPSA) is 111 Å². The first-order valence-corrected chi connectivity index (χ1v) is 7.86. The van der Waals surface area contributed by atoms with Crippen molar-refractivity contribution in [2.45, 2.75) is 13.0 Å². The zero-order chi connectivity index (χ0) is 17.8. The van der Waals surface area contributed by atoms with Crippen molar-refractivity contribution in [3.05, 3.63) is 52.9 Å². The zero-order valence-electron chi connectivity index (χ0n) is 12.9. The van der Waals surface area contributed by atoms with E-state index < -0.39 is 12.1 Å². The maximum atomic E-state index is 12.2. The second-order valence-electron chi connectivity index (χ2n) is 4.88. The second-order valence-corrected chi connectivity index (χ2v) is 5.73. The van der Waals surface area contributed by atoms with E-state index in [9.17, 15) is 4.79 Å². The normalized spacial score (nSPS) is 11.8. The van der Waals surface area contributed by atoms with Gasteiger partial charge in [-0.05, 0) is 19.1 Å². The molecule has 3 rings (SSSR count). The van der Waals surface area contributed by atoms with E-state index in [0.717, 1.165) is 0 Å². The van der Waals surface area contributed by atoms with Gasteiger partial charge in [-0.1, -0.05) is 23.2 Å². The number of rotatable bonds is 4. The van der Waals surface area contributed by atoms with Gasteiger partial charge < -0.3 is 5.32 Å². The summed E-state index contributed by atoms with van der Waals surface area (Å²) in [5.74, 6) is 1.02. The van der Waals surface area contributed by atoms with Crippen LogP contribution in [0.3, 0.4) is 0 Å². The third-order valence-electron chi connectivity index (χ3n) is 3.09. The smallest absolute Gasteiger partial charge is 0.321 e. The zero-order valence-corrected chi connectivity index (χ0v) is 14.4. The van der Waals surface area contributed by atoms with Crippen LogP contribution in [0.5, 0.6) is 0 Å². The molecular formula is C14H12Cl2N8O. The molecule has 3 aromatic heterocycles. The van der Waals surface area contributed by atoms with Crippen LogP contribution in [-0.2, 0) is 0 Å². The summed E-state index contributed by atoms with van der Waals surface area (Å²) in [4.78, 5) is 28.5. The second kappa shape index (κ2) is 7.41. The Bertz CT molecular complexity index is 886. The van der Waals surface area contributed by atoms with Gasteiger partial charge in [0.15, 0.2) is 11.6 Å². The molecular weight excluding hydrogens is 367 g/mol. The molecule has 0 saturated carbocycles. The van der Waals surface area contributed by atoms with Crippen molar-refractivity contribution in [2.75, 3.05) is 5.32 Å². The molecule has 0 aliphatic carbocycles. The number of pyridine rings is 1. The van der Waals surface area contributed by atoms with Gasteiger partial charge in [-0.25, -0.2) is 24.7 Å². The van der Waals surface area contributed by atoms with Gasteiger partial charge in [0.25, 0.3) is 5.95 Å². The van der Waals surface area contributed by atoms with Crippen LogP contribution < -0.4 is 10.6 Å². The van der Waals surface area contributed by atoms with Crippen LogP contribution in [0.25, 0.3) is 5.95 Å². The molecule has 0 bridgehead atoms. The third-order valence-corrected chi connectivity index (χ3v) is 3.59. The van der Waals surface area contributed by atoms with Gasteiger partial charge in [-0.2, -0.15) is 9.78 Å². The van der Waals surface area contributed by atoms with Crippen LogP contribution in [0, 0.1) is 0 Å². The number of nitrogens with one attached hydrogen (secondary N) is 2. The first kappa shape index (κ1) is 17.1. The van der Waals surface area contributed by atoms with Crippen molar-refractivity contribution in [1.82, 2.24) is 35.0 Å². The standard InChI is InChI=1S/C14H12Cl2N8O/c1-8(12-20-7-21-24(12)13-17-3-2-4-18-13)22-14(25)23-11-10(16)5-9(15)6-19-11/h2-8H,1H3,(H2,19,22,23,25)/t8-/m0/s1. The fraction of sp³-hybridized carbons (Fsp3) is 0.143. The quantitative estimate of drug-likeness (QED) is 0.721. The minimum absolute atomic E-state index is 0.198. The number of carbonyl (C=O) groups excluding carboxylic acids is 1. The molecule has 0 aromatic carbocycles. The summed E-state index contributed by atoms with van der Waals surface area (Å²) in [5.41, 5.74) is 0. The maximum absolute atomic E-state index is 12.2. The first-order chi connectivity index (χ1) is 12.0. The number of amides is 2. The molecule has 0 aliphatic heterocycles. The molecule has 25 heavy (non-hydrogen) atoms. The third kappa shape index (κ3) is 4.01. The van der Waals surface area contributed by atoms with Crippen LogP contribution in [0.15, 0.2) is 37.1 Å². The van der Waals surface area contributed by atoms with Crippen molar-refractivity contribution >= 4 is 35.1 Å². The molecule has 128 valence electrons. The highest BCUT2D eigenvalue weighted by Crippen LogP contribution is 2.22. The predicted octanol–water partition coefficient (Wildman–Crippen LogP) is 2.64. The Balaban J connectivity index is 1.71. The van der Waals surface area contributed by atoms with Gasteiger partial charge in [0, 0.05) is 18.6 Å². The Morgan fingerprint density at radius 3 is 2.68 bits per heavy atom. The van der Waals surface area contributed by atoms with Gasteiger partial charge in [0.1, 0.15) is 6.33 Å². The lowest BCUT2D eigenvalue weighted by atomic mass is 10.3. The highest BCUT2D eigenvalue weighted by atomic mass is 35.5. The lowest BCUT2D eigenvalue weighted by molar-refractivity contribution is 0.248. The van der Waals surface area contributed by atoms with Crippen molar-refractivity contribution in [2.24, 2.45) is 0 Å². The summed E-state index contributed by atoms with van der Waals surface area (Å²) in [7, 11) is 0. The van der Waals surface area contributed by atoms with Crippen LogP contribution in [0.1, 0.15) is 18.8 Å². The Hall–Kier alpha value is -2.78. The molecule has 1 atom stereocenters. The van der Waals surface area contributed by atoms with E-state index in [2.05, 4.69) is 35.7 Å². The SMILES string of the molecule is C[C@H](NC(=O)Nc1ncc(Cl)cc1Cl)c1ncnn1-c1ncccn1. The highest BCUT2D eigenvalue weighted by molar-refractivity contribution is 6.36. The molecule has 2 amide bonds. The fourth-order valence-electron chi connectivity index (χ4n) is 2.01. The van der Waals surface area contributed by atoms with Crippen LogP contribution in [0.2, 0.25) is 10.0 Å². The molecule has 11 heteroatoms. The summed E-state index contributed by atoms with van der Waals surface area (Å²) >= 11 is 11.8. The number of nitrogens with zero attached hydrogens (tertiary/aromatic N) is 6. The Kier molecular flexibility index (Phi) is 5.05.